The number of aryl methyl sites for hydroxylation is 1. The number of benzene rings is 2. The quantitative estimate of drug-likeness (QED) is 0.702. The minimum atomic E-state index is -4.45. The predicted octanol–water partition coefficient (Wildman–Crippen LogP) is 4.77. The molecule has 1 heterocycles. The van der Waals surface area contributed by atoms with Crippen LogP contribution in [0.2, 0.25) is 0 Å². The summed E-state index contributed by atoms with van der Waals surface area (Å²) in [7, 11) is 0. The Morgan fingerprint density at radius 3 is 2.52 bits per heavy atom. The van der Waals surface area contributed by atoms with Gasteiger partial charge in [-0.3, -0.25) is 9.59 Å². The van der Waals surface area contributed by atoms with Gasteiger partial charge in [-0.2, -0.15) is 13.2 Å². The second-order valence-corrected chi connectivity index (χ2v) is 7.89. The molecule has 0 aliphatic carbocycles. The normalized spacial score (nSPS) is 19.2. The number of amides is 2. The van der Waals surface area contributed by atoms with Crippen molar-refractivity contribution in [2.75, 3.05) is 6.54 Å². The van der Waals surface area contributed by atoms with Crippen molar-refractivity contribution in [3.63, 3.8) is 0 Å². The van der Waals surface area contributed by atoms with Crippen LogP contribution in [0.25, 0.3) is 0 Å². The maximum atomic E-state index is 13.6. The third kappa shape index (κ3) is 5.42. The summed E-state index contributed by atoms with van der Waals surface area (Å²) in [5.41, 5.74) is 0.887. The van der Waals surface area contributed by atoms with Crippen molar-refractivity contribution >= 4 is 11.8 Å². The van der Waals surface area contributed by atoms with E-state index in [2.05, 4.69) is 5.32 Å². The molecule has 0 spiro atoms. The summed E-state index contributed by atoms with van der Waals surface area (Å²) < 4.78 is 52.2. The van der Waals surface area contributed by atoms with Crippen LogP contribution in [0, 0.1) is 18.7 Å². The second-order valence-electron chi connectivity index (χ2n) is 7.89. The van der Waals surface area contributed by atoms with Crippen LogP contribution >= 0.6 is 0 Å². The molecule has 166 valence electrons. The highest BCUT2D eigenvalue weighted by Crippen LogP contribution is 2.34. The van der Waals surface area contributed by atoms with Gasteiger partial charge in [-0.15, -0.1) is 0 Å². The topological polar surface area (TPSA) is 49.4 Å². The molecular formula is C23H24F4N2O2. The summed E-state index contributed by atoms with van der Waals surface area (Å²) in [5, 5.41) is 2.68. The van der Waals surface area contributed by atoms with Crippen molar-refractivity contribution in [2.24, 2.45) is 5.92 Å². The van der Waals surface area contributed by atoms with Crippen LogP contribution in [-0.4, -0.2) is 23.3 Å². The molecular weight excluding hydrogens is 412 g/mol. The minimum Gasteiger partial charge on any atom is -0.352 e. The van der Waals surface area contributed by atoms with Crippen molar-refractivity contribution < 1.29 is 27.2 Å². The van der Waals surface area contributed by atoms with Gasteiger partial charge in [0, 0.05) is 20.0 Å². The first-order valence-electron chi connectivity index (χ1n) is 10.0. The Labute approximate surface area is 178 Å². The standard InChI is InChI=1S/C23H24F4N2O2/c1-14-10-17(6-8-20(14)24)21-9-7-18(13-29(21)15(2)30)22(31)28-12-16-4-3-5-19(11-16)23(25,26)27/h3-6,8,10-11,18,21H,7,9,12-13H2,1-2H3,(H,28,31)/t18-,21+/m0/s1. The van der Waals surface area contributed by atoms with Gasteiger partial charge in [0.1, 0.15) is 5.82 Å². The lowest BCUT2D eigenvalue weighted by atomic mass is 9.88. The number of carbonyl (C=O) groups is 2. The fourth-order valence-corrected chi connectivity index (χ4v) is 3.95. The van der Waals surface area contributed by atoms with Gasteiger partial charge in [0.15, 0.2) is 0 Å². The van der Waals surface area contributed by atoms with E-state index in [1.165, 1.54) is 25.1 Å². The van der Waals surface area contributed by atoms with Gasteiger partial charge in [0.05, 0.1) is 17.5 Å². The van der Waals surface area contributed by atoms with E-state index in [1.54, 1.807) is 24.0 Å². The van der Waals surface area contributed by atoms with Crippen LogP contribution in [0.4, 0.5) is 17.6 Å². The molecule has 3 rings (SSSR count). The first-order chi connectivity index (χ1) is 14.6. The highest BCUT2D eigenvalue weighted by Gasteiger charge is 2.34. The number of hydrogen-bond acceptors (Lipinski definition) is 2. The lowest BCUT2D eigenvalue weighted by molar-refractivity contribution is -0.138. The lowest BCUT2D eigenvalue weighted by Crippen LogP contribution is -2.46. The fraction of sp³-hybridized carbons (Fsp3) is 0.391. The SMILES string of the molecule is CC(=O)N1C[C@@H](C(=O)NCc2cccc(C(F)(F)F)c2)CC[C@@H]1c1ccc(F)c(C)c1. The van der Waals surface area contributed by atoms with E-state index in [0.717, 1.165) is 17.7 Å². The summed E-state index contributed by atoms with van der Waals surface area (Å²) in [6.45, 7) is 3.25. The molecule has 0 aromatic heterocycles. The molecule has 2 aromatic carbocycles. The van der Waals surface area contributed by atoms with E-state index >= 15 is 0 Å². The monoisotopic (exact) mass is 436 g/mol. The average molecular weight is 436 g/mol. The van der Waals surface area contributed by atoms with Gasteiger partial charge in [-0.1, -0.05) is 24.3 Å². The second kappa shape index (κ2) is 9.08. The maximum Gasteiger partial charge on any atom is 0.416 e. The van der Waals surface area contributed by atoms with Crippen LogP contribution in [0.3, 0.4) is 0 Å². The van der Waals surface area contributed by atoms with E-state index in [-0.39, 0.29) is 36.8 Å². The summed E-state index contributed by atoms with van der Waals surface area (Å²) in [6.07, 6.45) is -3.40. The molecule has 1 saturated heterocycles. The average Bonchev–Trinajstić information content (AvgIpc) is 2.73. The molecule has 4 nitrogen and oxygen atoms in total. The fourth-order valence-electron chi connectivity index (χ4n) is 3.95. The van der Waals surface area contributed by atoms with Gasteiger partial charge in [-0.25, -0.2) is 4.39 Å². The number of nitrogens with zero attached hydrogens (tertiary/aromatic N) is 1. The first-order valence-corrected chi connectivity index (χ1v) is 10.0. The van der Waals surface area contributed by atoms with Crippen molar-refractivity contribution in [2.45, 2.75) is 45.5 Å². The van der Waals surface area contributed by atoms with E-state index in [0.29, 0.717) is 24.0 Å². The Bertz CT molecular complexity index is 974. The molecule has 0 bridgehead atoms. The predicted molar refractivity (Wildman–Crippen MR) is 107 cm³/mol. The van der Waals surface area contributed by atoms with E-state index in [1.807, 2.05) is 0 Å². The summed E-state index contributed by atoms with van der Waals surface area (Å²) in [5.74, 6) is -1.28. The molecule has 0 unspecified atom stereocenters. The van der Waals surface area contributed by atoms with Crippen LogP contribution in [0.15, 0.2) is 42.5 Å². The van der Waals surface area contributed by atoms with Crippen LogP contribution in [-0.2, 0) is 22.3 Å². The zero-order valence-electron chi connectivity index (χ0n) is 17.3. The van der Waals surface area contributed by atoms with Crippen molar-refractivity contribution in [3.05, 3.63) is 70.5 Å². The largest absolute Gasteiger partial charge is 0.416 e. The number of alkyl halides is 3. The molecule has 1 aliphatic heterocycles. The molecule has 1 fully saturated rings. The van der Waals surface area contributed by atoms with Crippen molar-refractivity contribution in [1.29, 1.82) is 0 Å². The molecule has 0 saturated carbocycles. The molecule has 2 aromatic rings. The van der Waals surface area contributed by atoms with Crippen molar-refractivity contribution in [3.8, 4) is 0 Å². The molecule has 2 atom stereocenters. The Morgan fingerprint density at radius 2 is 1.87 bits per heavy atom. The summed E-state index contributed by atoms with van der Waals surface area (Å²) in [6, 6.07) is 9.30. The van der Waals surface area contributed by atoms with Crippen molar-refractivity contribution in [1.82, 2.24) is 10.2 Å². The van der Waals surface area contributed by atoms with Gasteiger partial charge in [0.25, 0.3) is 0 Å². The number of nitrogens with one attached hydrogen (secondary N) is 1. The van der Waals surface area contributed by atoms with Crippen LogP contribution in [0.1, 0.15) is 48.1 Å². The molecule has 0 radical (unpaired) electrons. The van der Waals surface area contributed by atoms with Crippen LogP contribution < -0.4 is 5.32 Å². The minimum absolute atomic E-state index is 0.0279. The van der Waals surface area contributed by atoms with Gasteiger partial charge < -0.3 is 10.2 Å². The zero-order valence-corrected chi connectivity index (χ0v) is 17.3. The Balaban J connectivity index is 1.66. The maximum absolute atomic E-state index is 13.6. The highest BCUT2D eigenvalue weighted by molar-refractivity contribution is 5.81. The molecule has 1 aliphatic rings. The Morgan fingerprint density at radius 1 is 1.13 bits per heavy atom. The molecule has 8 heteroatoms. The third-order valence-corrected chi connectivity index (χ3v) is 5.64. The molecule has 1 N–H and O–H groups in total. The van der Waals surface area contributed by atoms with Gasteiger partial charge in [-0.05, 0) is 54.7 Å². The first kappa shape index (κ1) is 22.8. The summed E-state index contributed by atoms with van der Waals surface area (Å²) >= 11 is 0. The molecule has 2 amide bonds. The van der Waals surface area contributed by atoms with E-state index < -0.39 is 17.7 Å². The number of carbonyl (C=O) groups excluding carboxylic acids is 2. The molecule has 31 heavy (non-hydrogen) atoms. The summed E-state index contributed by atoms with van der Waals surface area (Å²) in [4.78, 5) is 26.5. The number of piperidine rings is 1. The van der Waals surface area contributed by atoms with E-state index in [4.69, 9.17) is 0 Å². The number of rotatable bonds is 4. The zero-order chi connectivity index (χ0) is 22.8. The number of hydrogen-bond donors (Lipinski definition) is 1. The smallest absolute Gasteiger partial charge is 0.352 e. The van der Waals surface area contributed by atoms with Crippen LogP contribution in [0.5, 0.6) is 0 Å². The van der Waals surface area contributed by atoms with E-state index in [9.17, 15) is 27.2 Å². The highest BCUT2D eigenvalue weighted by atomic mass is 19.4. The number of halogens is 4. The third-order valence-electron chi connectivity index (χ3n) is 5.64. The Kier molecular flexibility index (Phi) is 6.67. The number of likely N-dealkylation sites (tertiary alicyclic amines) is 1. The van der Waals surface area contributed by atoms with Gasteiger partial charge >= 0.3 is 6.18 Å². The lowest BCUT2D eigenvalue weighted by Gasteiger charge is -2.39. The Hall–Kier alpha value is -2.90. The van der Waals surface area contributed by atoms with Gasteiger partial charge in [0.2, 0.25) is 11.8 Å².